The van der Waals surface area contributed by atoms with Gasteiger partial charge < -0.3 is 11.1 Å². The van der Waals surface area contributed by atoms with Gasteiger partial charge >= 0.3 is 0 Å². The zero-order valence-corrected chi connectivity index (χ0v) is 27.1. The molecule has 3 N–H and O–H groups in total. The number of hydrogen-bond acceptors (Lipinski definition) is 2. The molecule has 2 aliphatic carbocycles. The third-order valence-corrected chi connectivity index (χ3v) is 8.83. The summed E-state index contributed by atoms with van der Waals surface area (Å²) in [6.45, 7) is 8.87. The number of rotatable bonds is 2. The van der Waals surface area contributed by atoms with Gasteiger partial charge in [0.1, 0.15) is 0 Å². The Hall–Kier alpha value is -4.60. The second-order valence-corrected chi connectivity index (χ2v) is 12.8. The molecule has 0 bridgehead atoms. The highest BCUT2D eigenvalue weighted by Crippen LogP contribution is 2.50. The zero-order chi connectivity index (χ0) is 40.3. The van der Waals surface area contributed by atoms with E-state index in [0.717, 1.165) is 11.3 Å². The van der Waals surface area contributed by atoms with Crippen molar-refractivity contribution in [3.8, 4) is 22.3 Å². The van der Waals surface area contributed by atoms with E-state index in [4.69, 9.17) is 19.4 Å². The van der Waals surface area contributed by atoms with Crippen LogP contribution in [-0.2, 0) is 10.8 Å². The molecule has 0 saturated carbocycles. The van der Waals surface area contributed by atoms with Gasteiger partial charge in [0.05, 0.1) is 13.7 Å². The standard InChI is InChI=1S/C21H19N.C15H15N.C6H5Br/c1-21(2)19-11-7-6-10-17(19)18-13-12-16(14-20(18)21)22-15-8-4-3-5-9-15;1-15(2)13-6-4-3-5-11(13)12-8-7-10(16)9-14(12)15;7-6-4-2-1-3-5-6/h3-14,22H,1-2H3;3-9H,16H2,1-2H3;1-5H/i3D,4D,5D,8D,9D;;1D,2D,3D,4D,5D. The maximum Gasteiger partial charge on any atom is 0.0645 e. The normalized spacial score (nSPS) is 17.0. The van der Waals surface area contributed by atoms with E-state index in [9.17, 15) is 0 Å². The molecule has 0 heterocycles. The maximum absolute atomic E-state index is 8.09. The summed E-state index contributed by atoms with van der Waals surface area (Å²) in [5, 5.41) is 3.05. The SMILES string of the molecule is CC1(C)c2ccccc2-c2ccc(N)cc21.[2H]c1c([2H])c([2H])c(Br)c([2H])c1[2H].[2H]c1c([2H])c([2H])c(Nc2ccc3c(c2)C(C)(C)c2ccccc2-3)c([2H])c1[2H]. The number of nitrogens with two attached hydrogens (primary N) is 1. The average molecular weight is 662 g/mol. The first-order valence-electron chi connectivity index (χ1n) is 19.6. The maximum atomic E-state index is 8.09. The van der Waals surface area contributed by atoms with E-state index in [0.29, 0.717) is 5.69 Å². The predicted molar refractivity (Wildman–Crippen MR) is 196 cm³/mol. The van der Waals surface area contributed by atoms with Gasteiger partial charge in [0.15, 0.2) is 0 Å². The van der Waals surface area contributed by atoms with Crippen LogP contribution in [0.1, 0.15) is 63.7 Å². The second kappa shape index (κ2) is 12.4. The highest BCUT2D eigenvalue weighted by Gasteiger charge is 2.36. The molecule has 6 aromatic rings. The van der Waals surface area contributed by atoms with Crippen LogP contribution in [0.5, 0.6) is 0 Å². The van der Waals surface area contributed by atoms with Crippen LogP contribution in [0.25, 0.3) is 22.3 Å². The monoisotopic (exact) mass is 660 g/mol. The zero-order valence-electron chi connectivity index (χ0n) is 35.5. The quantitative estimate of drug-likeness (QED) is 0.181. The highest BCUT2D eigenvalue weighted by molar-refractivity contribution is 9.10. The molecule has 2 nitrogen and oxygen atoms in total. The first kappa shape index (κ1) is 20.4. The van der Waals surface area contributed by atoms with Gasteiger partial charge in [-0.2, -0.15) is 0 Å². The molecule has 0 aromatic heterocycles. The molecule has 45 heavy (non-hydrogen) atoms. The van der Waals surface area contributed by atoms with Gasteiger partial charge in [-0.3, -0.25) is 0 Å². The highest BCUT2D eigenvalue weighted by atomic mass is 79.9. The van der Waals surface area contributed by atoms with Gasteiger partial charge in [0.2, 0.25) is 0 Å². The Balaban J connectivity index is 0.000000155. The van der Waals surface area contributed by atoms with E-state index in [1.54, 1.807) is 0 Å². The Morgan fingerprint density at radius 3 is 1.58 bits per heavy atom. The van der Waals surface area contributed by atoms with Crippen LogP contribution < -0.4 is 11.1 Å². The van der Waals surface area contributed by atoms with Crippen molar-refractivity contribution >= 4 is 33.0 Å². The predicted octanol–water partition coefficient (Wildman–Crippen LogP) is 11.8. The number of hydrogen-bond donors (Lipinski definition) is 2. The number of halogens is 1. The van der Waals surface area contributed by atoms with Crippen molar-refractivity contribution in [2.24, 2.45) is 0 Å². The fourth-order valence-electron chi connectivity index (χ4n) is 6.20. The molecule has 0 unspecified atom stereocenters. The minimum absolute atomic E-state index is 0.0707. The van der Waals surface area contributed by atoms with E-state index in [1.807, 2.05) is 36.4 Å². The van der Waals surface area contributed by atoms with Crippen molar-refractivity contribution < 1.29 is 13.7 Å². The summed E-state index contributed by atoms with van der Waals surface area (Å²) in [5.74, 6) is 0. The van der Waals surface area contributed by atoms with Gasteiger partial charge in [-0.15, -0.1) is 0 Å². The minimum atomic E-state index is -0.388. The van der Waals surface area contributed by atoms with E-state index < -0.39 is 0 Å². The molecule has 0 saturated heterocycles. The van der Waals surface area contributed by atoms with Crippen LogP contribution in [0, 0.1) is 0 Å². The van der Waals surface area contributed by atoms with E-state index >= 15 is 0 Å². The van der Waals surface area contributed by atoms with Crippen LogP contribution in [0.15, 0.2) is 150 Å². The number of fused-ring (bicyclic) bond motifs is 6. The molecule has 0 radical (unpaired) electrons. The van der Waals surface area contributed by atoms with E-state index in [1.165, 1.54) is 38.9 Å². The van der Waals surface area contributed by atoms with Crippen LogP contribution in [0.3, 0.4) is 0 Å². The van der Waals surface area contributed by atoms with Crippen molar-refractivity contribution in [1.82, 2.24) is 0 Å². The molecule has 0 spiro atoms. The third kappa shape index (κ3) is 6.06. The fraction of sp³-hybridized carbons (Fsp3) is 0.143. The first-order chi connectivity index (χ1) is 25.8. The summed E-state index contributed by atoms with van der Waals surface area (Å²) in [6.07, 6.45) is 0. The Bertz CT molecular complexity index is 2380. The van der Waals surface area contributed by atoms with Crippen molar-refractivity contribution in [2.45, 2.75) is 38.5 Å². The Kier molecular flexibility index (Phi) is 5.64. The van der Waals surface area contributed by atoms with Crippen molar-refractivity contribution in [2.75, 3.05) is 11.1 Å². The Labute approximate surface area is 290 Å². The lowest BCUT2D eigenvalue weighted by molar-refractivity contribution is 0.660. The second-order valence-electron chi connectivity index (χ2n) is 12.0. The lowest BCUT2D eigenvalue weighted by Crippen LogP contribution is -2.15. The number of nitrogens with one attached hydrogen (secondary N) is 1. The van der Waals surface area contributed by atoms with Crippen molar-refractivity contribution in [1.29, 1.82) is 0 Å². The van der Waals surface area contributed by atoms with Crippen molar-refractivity contribution in [3.05, 3.63) is 172 Å². The van der Waals surface area contributed by atoms with Crippen LogP contribution >= 0.6 is 15.9 Å². The Morgan fingerprint density at radius 1 is 0.533 bits per heavy atom. The summed E-state index contributed by atoms with van der Waals surface area (Å²) < 4.78 is 75.8. The van der Waals surface area contributed by atoms with Crippen LogP contribution in [0.2, 0.25) is 0 Å². The van der Waals surface area contributed by atoms with Crippen LogP contribution in [0.4, 0.5) is 17.1 Å². The summed E-state index contributed by atoms with van der Waals surface area (Å²) in [6, 6.07) is 26.1. The fourth-order valence-corrected chi connectivity index (χ4v) is 6.39. The van der Waals surface area contributed by atoms with Gasteiger partial charge in [-0.25, -0.2) is 0 Å². The number of nitrogen functional groups attached to an aromatic ring is 1. The van der Waals surface area contributed by atoms with Crippen LogP contribution in [-0.4, -0.2) is 0 Å². The number of para-hydroxylation sites is 1. The molecule has 0 fully saturated rings. The lowest BCUT2D eigenvalue weighted by atomic mass is 9.82. The van der Waals surface area contributed by atoms with Crippen molar-refractivity contribution in [3.63, 3.8) is 0 Å². The summed E-state index contributed by atoms with van der Waals surface area (Å²) in [7, 11) is 0. The smallest absolute Gasteiger partial charge is 0.0645 e. The number of benzene rings is 6. The molecule has 2 aliphatic rings. The molecule has 3 heteroatoms. The topological polar surface area (TPSA) is 38.0 Å². The molecule has 0 amide bonds. The summed E-state index contributed by atoms with van der Waals surface area (Å²) >= 11 is 2.92. The molecule has 0 atom stereocenters. The summed E-state index contributed by atoms with van der Waals surface area (Å²) in [5.41, 5.74) is 17.7. The third-order valence-electron chi connectivity index (χ3n) is 8.43. The number of anilines is 3. The molecule has 8 rings (SSSR count). The van der Waals surface area contributed by atoms with Gasteiger partial charge in [-0.05, 0) is 92.9 Å². The molecule has 224 valence electrons. The molecule has 6 aromatic carbocycles. The lowest BCUT2D eigenvalue weighted by Gasteiger charge is -2.22. The Morgan fingerprint density at radius 2 is 1.00 bits per heavy atom. The van der Waals surface area contributed by atoms with Gasteiger partial charge in [0.25, 0.3) is 0 Å². The molecular weight excluding hydrogens is 612 g/mol. The van der Waals surface area contributed by atoms with E-state index in [-0.39, 0.29) is 81.4 Å². The summed E-state index contributed by atoms with van der Waals surface area (Å²) in [4.78, 5) is 0. The minimum Gasteiger partial charge on any atom is -0.399 e. The molecular formula is C42H39BrN2. The van der Waals surface area contributed by atoms with Gasteiger partial charge in [-0.1, -0.05) is 141 Å². The van der Waals surface area contributed by atoms with Gasteiger partial charge in [0, 0.05) is 32.4 Å². The largest absolute Gasteiger partial charge is 0.399 e. The first-order valence-corrected chi connectivity index (χ1v) is 15.4. The average Bonchev–Trinajstić information content (AvgIpc) is 3.55. The van der Waals surface area contributed by atoms with E-state index in [2.05, 4.69) is 97.5 Å². The molecule has 0 aliphatic heterocycles.